The molecule has 1 aromatic heterocycles. The summed E-state index contributed by atoms with van der Waals surface area (Å²) in [6.45, 7) is 9.85. The van der Waals surface area contributed by atoms with Gasteiger partial charge in [0.15, 0.2) is 5.96 Å². The van der Waals surface area contributed by atoms with Crippen molar-refractivity contribution in [3.63, 3.8) is 0 Å². The van der Waals surface area contributed by atoms with E-state index >= 15 is 0 Å². The quantitative estimate of drug-likeness (QED) is 0.461. The second-order valence-corrected chi connectivity index (χ2v) is 7.10. The number of aliphatic imine (C=N–C) groups is 1. The van der Waals surface area contributed by atoms with Crippen molar-refractivity contribution in [2.75, 3.05) is 39.8 Å². The Morgan fingerprint density at radius 3 is 2.59 bits per heavy atom. The van der Waals surface area contributed by atoms with Crippen LogP contribution in [0, 0.1) is 13.8 Å². The summed E-state index contributed by atoms with van der Waals surface area (Å²) >= 11 is 0. The molecule has 1 fully saturated rings. The van der Waals surface area contributed by atoms with Gasteiger partial charge in [-0.15, -0.1) is 0 Å². The molecule has 0 bridgehead atoms. The topological polar surface area (TPSA) is 94.8 Å². The Morgan fingerprint density at radius 1 is 1.26 bits per heavy atom. The van der Waals surface area contributed by atoms with E-state index in [1.807, 2.05) is 13.8 Å². The standard InChI is InChI=1S/C19H34N6O2/c1-5-9-21-18(26)13-25-11-7-16(8-12-25)23-19(20-4)22-10-6-17-14(2)24-27-15(17)3/h16H,5-13H2,1-4H3,(H,21,26)(H2,20,22,23). The minimum Gasteiger partial charge on any atom is -0.361 e. The molecule has 0 saturated carbocycles. The lowest BCUT2D eigenvalue weighted by molar-refractivity contribution is -0.122. The number of hydrogen-bond acceptors (Lipinski definition) is 5. The summed E-state index contributed by atoms with van der Waals surface area (Å²) < 4.78 is 5.20. The highest BCUT2D eigenvalue weighted by molar-refractivity contribution is 5.80. The molecule has 1 aliphatic heterocycles. The Balaban J connectivity index is 1.68. The molecule has 0 unspecified atom stereocenters. The van der Waals surface area contributed by atoms with Crippen LogP contribution in [0.2, 0.25) is 0 Å². The Kier molecular flexibility index (Phi) is 8.57. The van der Waals surface area contributed by atoms with E-state index < -0.39 is 0 Å². The summed E-state index contributed by atoms with van der Waals surface area (Å²) in [5.41, 5.74) is 2.11. The zero-order valence-corrected chi connectivity index (χ0v) is 17.1. The number of nitrogens with one attached hydrogen (secondary N) is 3. The number of hydrogen-bond donors (Lipinski definition) is 3. The molecule has 8 heteroatoms. The monoisotopic (exact) mass is 378 g/mol. The lowest BCUT2D eigenvalue weighted by atomic mass is 10.1. The van der Waals surface area contributed by atoms with E-state index in [0.29, 0.717) is 12.6 Å². The molecule has 3 N–H and O–H groups in total. The first-order valence-electron chi connectivity index (χ1n) is 9.91. The third-order valence-corrected chi connectivity index (χ3v) is 4.94. The molecular weight excluding hydrogens is 344 g/mol. The van der Waals surface area contributed by atoms with Gasteiger partial charge in [-0.2, -0.15) is 0 Å². The molecule has 0 spiro atoms. The number of nitrogens with zero attached hydrogens (tertiary/aromatic N) is 3. The van der Waals surface area contributed by atoms with E-state index in [9.17, 15) is 4.79 Å². The summed E-state index contributed by atoms with van der Waals surface area (Å²) in [5.74, 6) is 1.83. The molecule has 0 aromatic carbocycles. The zero-order valence-electron chi connectivity index (χ0n) is 17.1. The Bertz CT molecular complexity index is 600. The van der Waals surface area contributed by atoms with Crippen LogP contribution in [0.1, 0.15) is 43.2 Å². The summed E-state index contributed by atoms with van der Waals surface area (Å²) in [4.78, 5) is 18.4. The molecule has 2 heterocycles. The van der Waals surface area contributed by atoms with Gasteiger partial charge >= 0.3 is 0 Å². The summed E-state index contributed by atoms with van der Waals surface area (Å²) in [5, 5.41) is 13.8. The van der Waals surface area contributed by atoms with Crippen molar-refractivity contribution in [1.29, 1.82) is 0 Å². The third kappa shape index (κ3) is 6.86. The molecule has 1 saturated heterocycles. The smallest absolute Gasteiger partial charge is 0.234 e. The Hall–Kier alpha value is -2.09. The van der Waals surface area contributed by atoms with Gasteiger partial charge in [0.25, 0.3) is 0 Å². The third-order valence-electron chi connectivity index (χ3n) is 4.94. The molecule has 27 heavy (non-hydrogen) atoms. The average Bonchev–Trinajstić information content (AvgIpc) is 2.99. The molecule has 8 nitrogen and oxygen atoms in total. The van der Waals surface area contributed by atoms with E-state index in [1.165, 1.54) is 0 Å². The van der Waals surface area contributed by atoms with Crippen LogP contribution in [0.4, 0.5) is 0 Å². The molecule has 1 amide bonds. The molecule has 152 valence electrons. The Morgan fingerprint density at radius 2 is 2.00 bits per heavy atom. The highest BCUT2D eigenvalue weighted by Crippen LogP contribution is 2.12. The second kappa shape index (κ2) is 10.9. The number of carbonyl (C=O) groups excluding carboxylic acids is 1. The number of guanidine groups is 1. The lowest BCUT2D eigenvalue weighted by Crippen LogP contribution is -2.50. The van der Waals surface area contributed by atoms with Gasteiger partial charge in [0.2, 0.25) is 5.91 Å². The van der Waals surface area contributed by atoms with Gasteiger partial charge in [-0.25, -0.2) is 0 Å². The summed E-state index contributed by atoms with van der Waals surface area (Å²) in [7, 11) is 1.79. The van der Waals surface area contributed by atoms with Crippen LogP contribution >= 0.6 is 0 Å². The van der Waals surface area contributed by atoms with Crippen molar-refractivity contribution < 1.29 is 9.32 Å². The Labute approximate surface area is 162 Å². The predicted molar refractivity (Wildman–Crippen MR) is 107 cm³/mol. The van der Waals surface area contributed by atoms with Crippen molar-refractivity contribution in [1.82, 2.24) is 26.0 Å². The van der Waals surface area contributed by atoms with Crippen LogP contribution in [-0.4, -0.2) is 67.7 Å². The first kappa shape index (κ1) is 21.2. The SMILES string of the molecule is CCCNC(=O)CN1CCC(NC(=NC)NCCc2c(C)noc2C)CC1. The summed E-state index contributed by atoms with van der Waals surface area (Å²) in [6.07, 6.45) is 3.84. The predicted octanol–water partition coefficient (Wildman–Crippen LogP) is 0.990. The number of rotatable bonds is 8. The van der Waals surface area contributed by atoms with Crippen molar-refractivity contribution in [2.45, 2.75) is 52.5 Å². The van der Waals surface area contributed by atoms with Gasteiger partial charge in [0, 0.05) is 44.8 Å². The van der Waals surface area contributed by atoms with Crippen molar-refractivity contribution >= 4 is 11.9 Å². The number of aryl methyl sites for hydroxylation is 2. The van der Waals surface area contributed by atoms with E-state index in [4.69, 9.17) is 4.52 Å². The normalized spacial score (nSPS) is 16.4. The highest BCUT2D eigenvalue weighted by Gasteiger charge is 2.21. The highest BCUT2D eigenvalue weighted by atomic mass is 16.5. The number of likely N-dealkylation sites (tertiary alicyclic amines) is 1. The maximum atomic E-state index is 11.8. The number of amides is 1. The first-order valence-corrected chi connectivity index (χ1v) is 9.91. The van der Waals surface area contributed by atoms with E-state index in [1.54, 1.807) is 7.05 Å². The largest absolute Gasteiger partial charge is 0.361 e. The van der Waals surface area contributed by atoms with Crippen LogP contribution in [0.15, 0.2) is 9.52 Å². The molecule has 0 radical (unpaired) electrons. The van der Waals surface area contributed by atoms with Crippen molar-refractivity contribution in [3.8, 4) is 0 Å². The second-order valence-electron chi connectivity index (χ2n) is 7.10. The zero-order chi connectivity index (χ0) is 19.6. The number of aromatic nitrogens is 1. The minimum absolute atomic E-state index is 0.125. The molecule has 0 atom stereocenters. The molecule has 0 aliphatic carbocycles. The minimum atomic E-state index is 0.125. The van der Waals surface area contributed by atoms with Crippen LogP contribution in [0.3, 0.4) is 0 Å². The number of carbonyl (C=O) groups is 1. The summed E-state index contributed by atoms with van der Waals surface area (Å²) in [6, 6.07) is 0.380. The van der Waals surface area contributed by atoms with E-state index in [-0.39, 0.29) is 5.91 Å². The van der Waals surface area contributed by atoms with Crippen molar-refractivity contribution in [3.05, 3.63) is 17.0 Å². The van der Waals surface area contributed by atoms with Crippen LogP contribution in [0.25, 0.3) is 0 Å². The fourth-order valence-electron chi connectivity index (χ4n) is 3.31. The van der Waals surface area contributed by atoms with Gasteiger partial charge in [-0.3, -0.25) is 14.7 Å². The molecule has 2 rings (SSSR count). The maximum Gasteiger partial charge on any atom is 0.234 e. The van der Waals surface area contributed by atoms with Gasteiger partial charge in [0.05, 0.1) is 12.2 Å². The first-order chi connectivity index (χ1) is 13.0. The van der Waals surface area contributed by atoms with Crippen LogP contribution < -0.4 is 16.0 Å². The molecular formula is C19H34N6O2. The van der Waals surface area contributed by atoms with E-state index in [0.717, 1.165) is 74.8 Å². The van der Waals surface area contributed by atoms with Gasteiger partial charge < -0.3 is 20.5 Å². The number of piperidine rings is 1. The van der Waals surface area contributed by atoms with Crippen LogP contribution in [0.5, 0.6) is 0 Å². The van der Waals surface area contributed by atoms with E-state index in [2.05, 4.69) is 37.9 Å². The fraction of sp³-hybridized carbons (Fsp3) is 0.737. The molecule has 1 aromatic rings. The van der Waals surface area contributed by atoms with Crippen molar-refractivity contribution in [2.24, 2.45) is 4.99 Å². The van der Waals surface area contributed by atoms with Crippen LogP contribution in [-0.2, 0) is 11.2 Å². The van der Waals surface area contributed by atoms with Gasteiger partial charge in [-0.05, 0) is 39.5 Å². The average molecular weight is 379 g/mol. The van der Waals surface area contributed by atoms with Gasteiger partial charge in [-0.1, -0.05) is 12.1 Å². The fourth-order valence-corrected chi connectivity index (χ4v) is 3.31. The van der Waals surface area contributed by atoms with Gasteiger partial charge in [0.1, 0.15) is 5.76 Å². The maximum absolute atomic E-state index is 11.8. The molecule has 1 aliphatic rings. The lowest BCUT2D eigenvalue weighted by Gasteiger charge is -2.32.